The number of hydrogen-bond acceptors (Lipinski definition) is 5. The van der Waals surface area contributed by atoms with Gasteiger partial charge in [-0.1, -0.05) is 12.5 Å². The fraction of sp³-hybridized carbons (Fsp3) is 0.333. The molecule has 134 valence electrons. The molecule has 0 spiro atoms. The average molecular weight is 357 g/mol. The van der Waals surface area contributed by atoms with E-state index in [0.29, 0.717) is 41.4 Å². The molecule has 1 fully saturated rings. The summed E-state index contributed by atoms with van der Waals surface area (Å²) in [6.07, 6.45) is 7.36. The van der Waals surface area contributed by atoms with E-state index in [1.54, 1.807) is 18.3 Å². The lowest BCUT2D eigenvalue weighted by atomic mass is 9.85. The highest BCUT2D eigenvalue weighted by Crippen LogP contribution is 2.31. The van der Waals surface area contributed by atoms with Gasteiger partial charge >= 0.3 is 0 Å². The van der Waals surface area contributed by atoms with Crippen LogP contribution in [0.2, 0.25) is 0 Å². The van der Waals surface area contributed by atoms with Crippen LogP contribution in [0.1, 0.15) is 36.1 Å². The summed E-state index contributed by atoms with van der Waals surface area (Å²) < 4.78 is 2.08. The minimum absolute atomic E-state index is 0.0863. The van der Waals surface area contributed by atoms with Crippen molar-refractivity contribution in [2.45, 2.75) is 38.9 Å². The number of nitrogens with zero attached hydrogens (tertiary/aromatic N) is 5. The molecule has 0 saturated heterocycles. The first kappa shape index (κ1) is 16.0. The first-order valence-electron chi connectivity index (χ1n) is 9.35. The van der Waals surface area contributed by atoms with E-state index in [9.17, 15) is 10.1 Å². The third-order valence-electron chi connectivity index (χ3n) is 5.71. The Morgan fingerprint density at radius 3 is 2.89 bits per heavy atom. The van der Waals surface area contributed by atoms with Crippen LogP contribution in [0.25, 0.3) is 11.0 Å². The standard InChI is InChI=1S/C21H19N5O/c22-10-16-9-17-19(27)6-8-25(11-14-3-1-4-14)21(17)24-20(16)26-12-15-5-2-7-23-18(15)13-26/h2,5-9,14H,1,3-4,11-13H2. The van der Waals surface area contributed by atoms with Crippen LogP contribution in [0.15, 0.2) is 41.5 Å². The molecular formula is C21H19N5O. The predicted molar refractivity (Wildman–Crippen MR) is 102 cm³/mol. The monoisotopic (exact) mass is 357 g/mol. The molecule has 1 aliphatic carbocycles. The van der Waals surface area contributed by atoms with E-state index in [2.05, 4.69) is 26.6 Å². The highest BCUT2D eigenvalue weighted by atomic mass is 16.1. The zero-order valence-corrected chi connectivity index (χ0v) is 14.9. The molecule has 1 saturated carbocycles. The zero-order valence-electron chi connectivity index (χ0n) is 14.9. The van der Waals surface area contributed by atoms with Crippen molar-refractivity contribution < 1.29 is 0 Å². The maximum Gasteiger partial charge on any atom is 0.191 e. The Balaban J connectivity index is 1.63. The Hall–Kier alpha value is -3.20. The van der Waals surface area contributed by atoms with Crippen molar-refractivity contribution in [3.8, 4) is 6.07 Å². The third-order valence-corrected chi connectivity index (χ3v) is 5.71. The molecular weight excluding hydrogens is 338 g/mol. The van der Waals surface area contributed by atoms with E-state index in [4.69, 9.17) is 4.98 Å². The highest BCUT2D eigenvalue weighted by Gasteiger charge is 2.25. The molecule has 6 nitrogen and oxygen atoms in total. The topological polar surface area (TPSA) is 74.8 Å². The van der Waals surface area contributed by atoms with Gasteiger partial charge in [-0.15, -0.1) is 0 Å². The SMILES string of the molecule is N#Cc1cc2c(=O)ccn(CC3CCC3)c2nc1N1Cc2cccnc2C1. The molecule has 0 bridgehead atoms. The first-order valence-corrected chi connectivity index (χ1v) is 9.35. The Bertz CT molecular complexity index is 1110. The second kappa shape index (κ2) is 6.20. The summed E-state index contributed by atoms with van der Waals surface area (Å²) in [5.74, 6) is 1.28. The van der Waals surface area contributed by atoms with E-state index in [1.165, 1.54) is 19.3 Å². The molecule has 27 heavy (non-hydrogen) atoms. The Morgan fingerprint density at radius 1 is 1.26 bits per heavy atom. The van der Waals surface area contributed by atoms with E-state index in [-0.39, 0.29) is 5.43 Å². The van der Waals surface area contributed by atoms with Gasteiger partial charge in [0.25, 0.3) is 0 Å². The van der Waals surface area contributed by atoms with E-state index < -0.39 is 0 Å². The predicted octanol–water partition coefficient (Wildman–Crippen LogP) is 2.98. The van der Waals surface area contributed by atoms with Crippen LogP contribution in [0, 0.1) is 17.2 Å². The molecule has 4 heterocycles. The van der Waals surface area contributed by atoms with Crippen LogP contribution in [0.3, 0.4) is 0 Å². The van der Waals surface area contributed by atoms with Gasteiger partial charge in [0.2, 0.25) is 0 Å². The zero-order chi connectivity index (χ0) is 18.4. The number of aromatic nitrogens is 3. The van der Waals surface area contributed by atoms with E-state index in [1.807, 2.05) is 12.3 Å². The second-order valence-electron chi connectivity index (χ2n) is 7.44. The van der Waals surface area contributed by atoms with Crippen molar-refractivity contribution in [1.29, 1.82) is 5.26 Å². The molecule has 0 N–H and O–H groups in total. The summed E-state index contributed by atoms with van der Waals surface area (Å²) >= 11 is 0. The van der Waals surface area contributed by atoms with Crippen molar-refractivity contribution >= 4 is 16.9 Å². The number of fused-ring (bicyclic) bond motifs is 2. The molecule has 6 heteroatoms. The van der Waals surface area contributed by atoms with E-state index in [0.717, 1.165) is 17.8 Å². The second-order valence-corrected chi connectivity index (χ2v) is 7.44. The number of nitriles is 1. The summed E-state index contributed by atoms with van der Waals surface area (Å²) in [6, 6.07) is 9.50. The molecule has 0 amide bonds. The van der Waals surface area contributed by atoms with Crippen LogP contribution in [-0.2, 0) is 19.6 Å². The van der Waals surface area contributed by atoms with Gasteiger partial charge in [0, 0.05) is 31.5 Å². The molecule has 1 aliphatic heterocycles. The normalized spacial score (nSPS) is 16.2. The van der Waals surface area contributed by atoms with Gasteiger partial charge in [0.05, 0.1) is 23.2 Å². The van der Waals surface area contributed by atoms with Crippen molar-refractivity contribution in [2.75, 3.05) is 4.90 Å². The van der Waals surface area contributed by atoms with Crippen molar-refractivity contribution in [1.82, 2.24) is 14.5 Å². The summed E-state index contributed by atoms with van der Waals surface area (Å²) in [7, 11) is 0. The lowest BCUT2D eigenvalue weighted by Crippen LogP contribution is -2.22. The molecule has 0 atom stereocenters. The summed E-state index contributed by atoms with van der Waals surface area (Å²) in [4.78, 5) is 23.7. The number of pyridine rings is 3. The fourth-order valence-electron chi connectivity index (χ4n) is 3.99. The lowest BCUT2D eigenvalue weighted by molar-refractivity contribution is 0.279. The van der Waals surface area contributed by atoms with E-state index >= 15 is 0 Å². The van der Waals surface area contributed by atoms with Crippen LogP contribution >= 0.6 is 0 Å². The first-order chi connectivity index (χ1) is 13.2. The van der Waals surface area contributed by atoms with Crippen molar-refractivity contribution in [3.63, 3.8) is 0 Å². The largest absolute Gasteiger partial charge is 0.345 e. The fourth-order valence-corrected chi connectivity index (χ4v) is 3.99. The molecule has 3 aromatic rings. The molecule has 3 aromatic heterocycles. The maximum absolute atomic E-state index is 12.4. The van der Waals surface area contributed by atoms with Gasteiger partial charge in [-0.2, -0.15) is 5.26 Å². The minimum Gasteiger partial charge on any atom is -0.345 e. The Labute approximate surface area is 156 Å². The Morgan fingerprint density at radius 2 is 2.15 bits per heavy atom. The van der Waals surface area contributed by atoms with Gasteiger partial charge in [0.1, 0.15) is 17.5 Å². The highest BCUT2D eigenvalue weighted by molar-refractivity contribution is 5.80. The Kier molecular flexibility index (Phi) is 3.68. The molecule has 0 aromatic carbocycles. The summed E-state index contributed by atoms with van der Waals surface area (Å²) in [5, 5.41) is 10.2. The smallest absolute Gasteiger partial charge is 0.191 e. The summed E-state index contributed by atoms with van der Waals surface area (Å²) in [6.45, 7) is 2.18. The number of rotatable bonds is 3. The van der Waals surface area contributed by atoms with Gasteiger partial charge < -0.3 is 9.47 Å². The van der Waals surface area contributed by atoms with Crippen LogP contribution in [-0.4, -0.2) is 14.5 Å². The van der Waals surface area contributed by atoms with Gasteiger partial charge in [-0.3, -0.25) is 9.78 Å². The van der Waals surface area contributed by atoms with Gasteiger partial charge in [0.15, 0.2) is 5.43 Å². The van der Waals surface area contributed by atoms with Gasteiger partial charge in [-0.05, 0) is 36.5 Å². The average Bonchev–Trinajstić information content (AvgIpc) is 3.09. The van der Waals surface area contributed by atoms with Gasteiger partial charge in [-0.25, -0.2) is 4.98 Å². The number of anilines is 1. The molecule has 5 rings (SSSR count). The molecule has 2 aliphatic rings. The summed E-state index contributed by atoms with van der Waals surface area (Å²) in [5.41, 5.74) is 3.20. The quantitative estimate of drug-likeness (QED) is 0.720. The maximum atomic E-state index is 12.4. The van der Waals surface area contributed by atoms with Crippen molar-refractivity contribution in [3.05, 3.63) is 63.7 Å². The van der Waals surface area contributed by atoms with Crippen LogP contribution < -0.4 is 10.3 Å². The molecule has 0 unspecified atom stereocenters. The van der Waals surface area contributed by atoms with Crippen LogP contribution in [0.4, 0.5) is 5.82 Å². The third kappa shape index (κ3) is 2.67. The molecule has 0 radical (unpaired) electrons. The number of hydrogen-bond donors (Lipinski definition) is 0. The minimum atomic E-state index is -0.0863. The van der Waals surface area contributed by atoms with Crippen molar-refractivity contribution in [2.24, 2.45) is 5.92 Å². The lowest BCUT2D eigenvalue weighted by Gasteiger charge is -2.27. The van der Waals surface area contributed by atoms with Crippen LogP contribution in [0.5, 0.6) is 0 Å².